The van der Waals surface area contributed by atoms with Crippen LogP contribution in [0.4, 0.5) is 0 Å². The Balaban J connectivity index is 1.33. The number of hydrogen-bond donors (Lipinski definition) is 2. The van der Waals surface area contributed by atoms with Crippen LogP contribution in [-0.2, 0) is 16.0 Å². The summed E-state index contributed by atoms with van der Waals surface area (Å²) < 4.78 is 5.62. The fraction of sp³-hybridized carbons (Fsp3) is 0.333. The molecule has 1 amide bonds. The van der Waals surface area contributed by atoms with E-state index in [0.29, 0.717) is 26.1 Å². The van der Waals surface area contributed by atoms with Crippen molar-refractivity contribution in [3.05, 3.63) is 66.0 Å². The second-order valence-electron chi connectivity index (χ2n) is 6.38. The molecule has 0 fully saturated rings. The highest BCUT2D eigenvalue weighted by atomic mass is 16.5. The number of nitrogens with one attached hydrogen (secondary N) is 2. The van der Waals surface area contributed by atoms with Crippen molar-refractivity contribution in [3.63, 3.8) is 0 Å². The molecule has 136 valence electrons. The fourth-order valence-electron chi connectivity index (χ4n) is 2.83. The van der Waals surface area contributed by atoms with E-state index in [2.05, 4.69) is 27.4 Å². The maximum atomic E-state index is 12.1. The van der Waals surface area contributed by atoms with E-state index in [1.807, 2.05) is 49.4 Å². The summed E-state index contributed by atoms with van der Waals surface area (Å²) in [4.78, 5) is 19.9. The molecule has 1 aromatic heterocycles. The standard InChI is InChI=1S/C21H25N3O2/c1-16(21-23-18-10-5-6-11-19(18)24-21)22-20(25)12-7-14-26-15-13-17-8-3-2-4-9-17/h2-6,8-11,16H,7,12-15H2,1H3,(H,22,25)(H,23,24). The minimum atomic E-state index is -0.145. The molecule has 2 aromatic carbocycles. The van der Waals surface area contributed by atoms with Gasteiger partial charge in [-0.2, -0.15) is 0 Å². The summed E-state index contributed by atoms with van der Waals surface area (Å²) in [5.41, 5.74) is 3.16. The fourth-order valence-corrected chi connectivity index (χ4v) is 2.83. The number of rotatable bonds is 9. The van der Waals surface area contributed by atoms with Crippen LogP contribution in [0.15, 0.2) is 54.6 Å². The molecule has 0 radical (unpaired) electrons. The molecule has 2 N–H and O–H groups in total. The Kier molecular flexibility index (Phi) is 6.39. The molecule has 0 saturated carbocycles. The van der Waals surface area contributed by atoms with Crippen molar-refractivity contribution in [3.8, 4) is 0 Å². The summed E-state index contributed by atoms with van der Waals surface area (Å²) in [7, 11) is 0. The van der Waals surface area contributed by atoms with Crippen LogP contribution in [-0.4, -0.2) is 29.1 Å². The Hall–Kier alpha value is -2.66. The van der Waals surface area contributed by atoms with E-state index in [1.165, 1.54) is 5.56 Å². The minimum absolute atomic E-state index is 0.0182. The maximum Gasteiger partial charge on any atom is 0.220 e. The number of amides is 1. The van der Waals surface area contributed by atoms with Gasteiger partial charge in [-0.1, -0.05) is 42.5 Å². The molecule has 26 heavy (non-hydrogen) atoms. The number of ether oxygens (including phenoxy) is 1. The zero-order valence-electron chi connectivity index (χ0n) is 15.1. The molecule has 1 unspecified atom stereocenters. The monoisotopic (exact) mass is 351 g/mol. The average molecular weight is 351 g/mol. The van der Waals surface area contributed by atoms with Crippen molar-refractivity contribution in [1.29, 1.82) is 0 Å². The molecule has 1 heterocycles. The summed E-state index contributed by atoms with van der Waals surface area (Å²) in [6.07, 6.45) is 2.07. The molecule has 0 saturated heterocycles. The molecule has 3 aromatic rings. The third-order valence-electron chi connectivity index (χ3n) is 4.27. The third kappa shape index (κ3) is 5.17. The van der Waals surface area contributed by atoms with Crippen LogP contribution in [0.5, 0.6) is 0 Å². The number of benzene rings is 2. The zero-order chi connectivity index (χ0) is 18.2. The summed E-state index contributed by atoms with van der Waals surface area (Å²) in [6.45, 7) is 3.21. The van der Waals surface area contributed by atoms with E-state index >= 15 is 0 Å². The first-order valence-corrected chi connectivity index (χ1v) is 9.08. The van der Waals surface area contributed by atoms with E-state index in [1.54, 1.807) is 0 Å². The van der Waals surface area contributed by atoms with Crippen molar-refractivity contribution >= 4 is 16.9 Å². The van der Waals surface area contributed by atoms with Gasteiger partial charge in [-0.05, 0) is 37.5 Å². The van der Waals surface area contributed by atoms with E-state index in [9.17, 15) is 4.79 Å². The lowest BCUT2D eigenvalue weighted by Gasteiger charge is -2.11. The number of imidazole rings is 1. The van der Waals surface area contributed by atoms with Gasteiger partial charge in [0, 0.05) is 13.0 Å². The SMILES string of the molecule is CC(NC(=O)CCCOCCc1ccccc1)c1nc2ccccc2[nH]1. The van der Waals surface area contributed by atoms with Gasteiger partial charge in [0.2, 0.25) is 5.91 Å². The van der Waals surface area contributed by atoms with Crippen molar-refractivity contribution < 1.29 is 9.53 Å². The van der Waals surface area contributed by atoms with Crippen molar-refractivity contribution in [2.75, 3.05) is 13.2 Å². The van der Waals surface area contributed by atoms with Crippen molar-refractivity contribution in [1.82, 2.24) is 15.3 Å². The highest BCUT2D eigenvalue weighted by Crippen LogP contribution is 2.15. The molecular weight excluding hydrogens is 326 g/mol. The molecule has 0 bridgehead atoms. The number of aromatic nitrogens is 2. The normalized spacial score (nSPS) is 12.2. The second kappa shape index (κ2) is 9.15. The quantitative estimate of drug-likeness (QED) is 0.577. The Labute approximate surface area is 153 Å². The first-order valence-electron chi connectivity index (χ1n) is 9.08. The number of carbonyl (C=O) groups is 1. The number of fused-ring (bicyclic) bond motifs is 1. The molecule has 1 atom stereocenters. The van der Waals surface area contributed by atoms with Gasteiger partial charge in [0.1, 0.15) is 5.82 Å². The lowest BCUT2D eigenvalue weighted by molar-refractivity contribution is -0.122. The number of carbonyl (C=O) groups excluding carboxylic acids is 1. The van der Waals surface area contributed by atoms with Gasteiger partial charge < -0.3 is 15.0 Å². The van der Waals surface area contributed by atoms with Crippen LogP contribution in [0.2, 0.25) is 0 Å². The zero-order valence-corrected chi connectivity index (χ0v) is 15.1. The van der Waals surface area contributed by atoms with E-state index < -0.39 is 0 Å². The van der Waals surface area contributed by atoms with Crippen LogP contribution in [0.1, 0.15) is 37.2 Å². The van der Waals surface area contributed by atoms with E-state index in [0.717, 1.165) is 23.3 Å². The number of para-hydroxylation sites is 2. The van der Waals surface area contributed by atoms with Crippen LogP contribution in [0.3, 0.4) is 0 Å². The summed E-state index contributed by atoms with van der Waals surface area (Å²) in [6, 6.07) is 18.0. The summed E-state index contributed by atoms with van der Waals surface area (Å²) in [5.74, 6) is 0.795. The minimum Gasteiger partial charge on any atom is -0.381 e. The van der Waals surface area contributed by atoms with Gasteiger partial charge in [0.15, 0.2) is 0 Å². The number of aromatic amines is 1. The second-order valence-corrected chi connectivity index (χ2v) is 6.38. The topological polar surface area (TPSA) is 67.0 Å². The smallest absolute Gasteiger partial charge is 0.220 e. The molecule has 5 heteroatoms. The first-order chi connectivity index (χ1) is 12.7. The third-order valence-corrected chi connectivity index (χ3v) is 4.27. The van der Waals surface area contributed by atoms with E-state index in [-0.39, 0.29) is 11.9 Å². The predicted molar refractivity (Wildman–Crippen MR) is 103 cm³/mol. The predicted octanol–water partition coefficient (Wildman–Crippen LogP) is 3.78. The first kappa shape index (κ1) is 18.1. The lowest BCUT2D eigenvalue weighted by atomic mass is 10.2. The van der Waals surface area contributed by atoms with Crippen molar-refractivity contribution in [2.24, 2.45) is 0 Å². The molecular formula is C21H25N3O2. The number of hydrogen-bond acceptors (Lipinski definition) is 3. The summed E-state index contributed by atoms with van der Waals surface area (Å²) >= 11 is 0. The van der Waals surface area contributed by atoms with Crippen LogP contribution in [0.25, 0.3) is 11.0 Å². The Bertz CT molecular complexity index is 796. The van der Waals surface area contributed by atoms with Gasteiger partial charge >= 0.3 is 0 Å². The van der Waals surface area contributed by atoms with Crippen LogP contribution in [0, 0.1) is 0 Å². The molecule has 5 nitrogen and oxygen atoms in total. The molecule has 0 aliphatic heterocycles. The largest absolute Gasteiger partial charge is 0.381 e. The Morgan fingerprint density at radius 1 is 1.12 bits per heavy atom. The van der Waals surface area contributed by atoms with Gasteiger partial charge in [0.25, 0.3) is 0 Å². The number of H-pyrrole nitrogens is 1. The van der Waals surface area contributed by atoms with Gasteiger partial charge in [0.05, 0.1) is 23.7 Å². The Morgan fingerprint density at radius 3 is 2.69 bits per heavy atom. The lowest BCUT2D eigenvalue weighted by Crippen LogP contribution is -2.27. The van der Waals surface area contributed by atoms with Crippen molar-refractivity contribution in [2.45, 2.75) is 32.2 Å². The van der Waals surface area contributed by atoms with Crippen LogP contribution < -0.4 is 5.32 Å². The summed E-state index contributed by atoms with van der Waals surface area (Å²) in [5, 5.41) is 2.99. The molecule has 3 rings (SSSR count). The van der Waals surface area contributed by atoms with Gasteiger partial charge in [-0.25, -0.2) is 4.98 Å². The number of nitrogens with zero attached hydrogens (tertiary/aromatic N) is 1. The van der Waals surface area contributed by atoms with Gasteiger partial charge in [-0.3, -0.25) is 4.79 Å². The maximum absolute atomic E-state index is 12.1. The highest BCUT2D eigenvalue weighted by Gasteiger charge is 2.13. The Morgan fingerprint density at radius 2 is 1.88 bits per heavy atom. The molecule has 0 spiro atoms. The molecule has 0 aliphatic carbocycles. The highest BCUT2D eigenvalue weighted by molar-refractivity contribution is 5.77. The van der Waals surface area contributed by atoms with Gasteiger partial charge in [-0.15, -0.1) is 0 Å². The van der Waals surface area contributed by atoms with Crippen LogP contribution >= 0.6 is 0 Å². The van der Waals surface area contributed by atoms with E-state index in [4.69, 9.17) is 4.74 Å². The average Bonchev–Trinajstić information content (AvgIpc) is 3.10. The molecule has 0 aliphatic rings.